The van der Waals surface area contributed by atoms with Gasteiger partial charge in [-0.15, -0.1) is 0 Å². The van der Waals surface area contributed by atoms with Gasteiger partial charge in [0.1, 0.15) is 5.75 Å². The number of nitrogens with zero attached hydrogens (tertiary/aromatic N) is 1. The highest BCUT2D eigenvalue weighted by atomic mass is 16.5. The number of hydrogen-bond acceptors (Lipinski definition) is 3. The molecule has 4 nitrogen and oxygen atoms in total. The minimum atomic E-state index is -0.901. The molecular formula is C16H23NO3. The summed E-state index contributed by atoms with van der Waals surface area (Å²) in [4.78, 5) is 13.4. The van der Waals surface area contributed by atoms with Gasteiger partial charge in [0.25, 0.3) is 0 Å². The number of likely N-dealkylation sites (N-methyl/N-ethyl adjacent to an activating group) is 1. The van der Waals surface area contributed by atoms with Crippen LogP contribution in [0.5, 0.6) is 5.75 Å². The highest BCUT2D eigenvalue weighted by molar-refractivity contribution is 5.92. The molecule has 1 N–H and O–H groups in total. The fourth-order valence-electron chi connectivity index (χ4n) is 1.85. The highest BCUT2D eigenvalue weighted by Crippen LogP contribution is 2.19. The first-order valence-electron chi connectivity index (χ1n) is 6.71. The van der Waals surface area contributed by atoms with E-state index in [-0.39, 0.29) is 12.5 Å². The molecule has 1 aromatic rings. The van der Waals surface area contributed by atoms with E-state index in [0.29, 0.717) is 6.61 Å². The first-order valence-corrected chi connectivity index (χ1v) is 6.71. The van der Waals surface area contributed by atoms with E-state index < -0.39 is 5.60 Å². The van der Waals surface area contributed by atoms with Gasteiger partial charge in [-0.25, -0.2) is 0 Å². The molecule has 1 aromatic carbocycles. The van der Waals surface area contributed by atoms with Crippen LogP contribution in [0.15, 0.2) is 30.3 Å². The third-order valence-corrected chi connectivity index (χ3v) is 2.62. The number of rotatable bonds is 6. The molecule has 1 amide bonds. The zero-order chi connectivity index (χ0) is 15.2. The third-order valence-electron chi connectivity index (χ3n) is 2.62. The molecule has 20 heavy (non-hydrogen) atoms. The number of benzene rings is 1. The van der Waals surface area contributed by atoms with Gasteiger partial charge < -0.3 is 14.7 Å². The summed E-state index contributed by atoms with van der Waals surface area (Å²) < 4.78 is 5.49. The van der Waals surface area contributed by atoms with Crippen LogP contribution in [0.1, 0.15) is 26.3 Å². The van der Waals surface area contributed by atoms with Gasteiger partial charge in [0.2, 0.25) is 5.91 Å². The fourth-order valence-corrected chi connectivity index (χ4v) is 1.85. The number of carbonyl (C=O) groups is 1. The van der Waals surface area contributed by atoms with Crippen molar-refractivity contribution in [2.24, 2.45) is 0 Å². The molecule has 1 rings (SSSR count). The molecule has 0 heterocycles. The predicted octanol–water partition coefficient (Wildman–Crippen LogP) is 2.33. The Bertz CT molecular complexity index is 475. The summed E-state index contributed by atoms with van der Waals surface area (Å²) in [5, 5.41) is 9.70. The van der Waals surface area contributed by atoms with Crippen LogP contribution >= 0.6 is 0 Å². The van der Waals surface area contributed by atoms with Crippen LogP contribution in [0.3, 0.4) is 0 Å². The predicted molar refractivity (Wildman–Crippen MR) is 80.6 cm³/mol. The summed E-state index contributed by atoms with van der Waals surface area (Å²) in [6.45, 7) is 6.12. The first-order chi connectivity index (χ1) is 9.33. The lowest BCUT2D eigenvalue weighted by Gasteiger charge is -2.24. The summed E-state index contributed by atoms with van der Waals surface area (Å²) in [5.74, 6) is 0.600. The largest absolute Gasteiger partial charge is 0.493 e. The molecule has 0 aliphatic rings. The Balaban J connectivity index is 2.75. The maximum atomic E-state index is 12.0. The second-order valence-corrected chi connectivity index (χ2v) is 5.31. The van der Waals surface area contributed by atoms with Crippen LogP contribution < -0.4 is 4.74 Å². The third kappa shape index (κ3) is 5.45. The standard InChI is InChI=1S/C16H23NO3/c1-5-20-14-9-7-6-8-13(14)10-11-15(18)17(4)12-16(2,3)19/h6-11,19H,5,12H2,1-4H3. The van der Waals surface area contributed by atoms with Gasteiger partial charge in [-0.05, 0) is 32.9 Å². The lowest BCUT2D eigenvalue weighted by atomic mass is 10.1. The van der Waals surface area contributed by atoms with Crippen LogP contribution in [-0.2, 0) is 4.79 Å². The van der Waals surface area contributed by atoms with Gasteiger partial charge in [0, 0.05) is 25.2 Å². The van der Waals surface area contributed by atoms with Gasteiger partial charge >= 0.3 is 0 Å². The number of aliphatic hydroxyl groups is 1. The van der Waals surface area contributed by atoms with E-state index in [0.717, 1.165) is 11.3 Å². The van der Waals surface area contributed by atoms with Gasteiger partial charge in [0.15, 0.2) is 0 Å². The fraction of sp³-hybridized carbons (Fsp3) is 0.438. The summed E-state index contributed by atoms with van der Waals surface area (Å²) in [7, 11) is 1.67. The van der Waals surface area contributed by atoms with E-state index in [2.05, 4.69) is 0 Å². The van der Waals surface area contributed by atoms with E-state index in [9.17, 15) is 9.90 Å². The maximum absolute atomic E-state index is 12.0. The smallest absolute Gasteiger partial charge is 0.246 e. The van der Waals surface area contributed by atoms with Crippen LogP contribution in [-0.4, -0.2) is 41.7 Å². The quantitative estimate of drug-likeness (QED) is 0.812. The Kier molecular flexibility index (Phi) is 5.77. The van der Waals surface area contributed by atoms with Crippen molar-refractivity contribution in [3.05, 3.63) is 35.9 Å². The van der Waals surface area contributed by atoms with Crippen molar-refractivity contribution in [1.29, 1.82) is 0 Å². The molecule has 0 unspecified atom stereocenters. The Morgan fingerprint density at radius 1 is 1.40 bits per heavy atom. The zero-order valence-corrected chi connectivity index (χ0v) is 12.6. The highest BCUT2D eigenvalue weighted by Gasteiger charge is 2.17. The maximum Gasteiger partial charge on any atom is 0.246 e. The van der Waals surface area contributed by atoms with E-state index >= 15 is 0 Å². The molecule has 0 saturated heterocycles. The average molecular weight is 277 g/mol. The number of para-hydroxylation sites is 1. The minimum absolute atomic E-state index is 0.154. The summed E-state index contributed by atoms with van der Waals surface area (Å²) >= 11 is 0. The van der Waals surface area contributed by atoms with E-state index in [1.54, 1.807) is 27.0 Å². The van der Waals surface area contributed by atoms with E-state index in [1.165, 1.54) is 11.0 Å². The molecule has 0 spiro atoms. The van der Waals surface area contributed by atoms with Crippen LogP contribution in [0.25, 0.3) is 6.08 Å². The Morgan fingerprint density at radius 3 is 2.65 bits per heavy atom. The van der Waals surface area contributed by atoms with E-state index in [1.807, 2.05) is 31.2 Å². The Labute approximate surface area is 120 Å². The van der Waals surface area contributed by atoms with Crippen LogP contribution in [0.2, 0.25) is 0 Å². The molecule has 0 aliphatic carbocycles. The summed E-state index contributed by atoms with van der Waals surface area (Å²) in [5.41, 5.74) is -0.0408. The number of hydrogen-bond donors (Lipinski definition) is 1. The molecule has 4 heteroatoms. The summed E-state index contributed by atoms with van der Waals surface area (Å²) in [6.07, 6.45) is 3.22. The van der Waals surface area contributed by atoms with Gasteiger partial charge in [-0.3, -0.25) is 4.79 Å². The van der Waals surface area contributed by atoms with Crippen molar-refractivity contribution in [1.82, 2.24) is 4.90 Å². The Morgan fingerprint density at radius 2 is 2.05 bits per heavy atom. The number of carbonyl (C=O) groups excluding carboxylic acids is 1. The molecule has 0 saturated carbocycles. The van der Waals surface area contributed by atoms with E-state index in [4.69, 9.17) is 4.74 Å². The zero-order valence-electron chi connectivity index (χ0n) is 12.6. The van der Waals surface area contributed by atoms with Crippen molar-refractivity contribution < 1.29 is 14.6 Å². The number of ether oxygens (including phenoxy) is 1. The van der Waals surface area contributed by atoms with Crippen molar-refractivity contribution in [3.63, 3.8) is 0 Å². The number of amides is 1. The van der Waals surface area contributed by atoms with Crippen molar-refractivity contribution in [3.8, 4) is 5.75 Å². The van der Waals surface area contributed by atoms with Crippen molar-refractivity contribution in [2.75, 3.05) is 20.2 Å². The SMILES string of the molecule is CCOc1ccccc1C=CC(=O)N(C)CC(C)(C)O. The van der Waals surface area contributed by atoms with Crippen LogP contribution in [0, 0.1) is 0 Å². The Hall–Kier alpha value is -1.81. The molecule has 0 aromatic heterocycles. The lowest BCUT2D eigenvalue weighted by molar-refractivity contribution is -0.127. The lowest BCUT2D eigenvalue weighted by Crippen LogP contribution is -2.38. The molecule has 0 bridgehead atoms. The minimum Gasteiger partial charge on any atom is -0.493 e. The summed E-state index contributed by atoms with van der Waals surface area (Å²) in [6, 6.07) is 7.55. The van der Waals surface area contributed by atoms with Gasteiger partial charge in [-0.2, -0.15) is 0 Å². The molecule has 0 fully saturated rings. The monoisotopic (exact) mass is 277 g/mol. The molecule has 0 atom stereocenters. The molecular weight excluding hydrogens is 254 g/mol. The normalized spacial score (nSPS) is 11.7. The topological polar surface area (TPSA) is 49.8 Å². The second kappa shape index (κ2) is 7.10. The van der Waals surface area contributed by atoms with Crippen molar-refractivity contribution >= 4 is 12.0 Å². The van der Waals surface area contributed by atoms with Crippen molar-refractivity contribution in [2.45, 2.75) is 26.4 Å². The van der Waals surface area contributed by atoms with Gasteiger partial charge in [-0.1, -0.05) is 18.2 Å². The molecule has 110 valence electrons. The molecule has 0 radical (unpaired) electrons. The first kappa shape index (κ1) is 16.2. The van der Waals surface area contributed by atoms with Gasteiger partial charge in [0.05, 0.1) is 12.2 Å². The molecule has 0 aliphatic heterocycles. The second-order valence-electron chi connectivity index (χ2n) is 5.31. The van der Waals surface area contributed by atoms with Crippen LogP contribution in [0.4, 0.5) is 0 Å². The average Bonchev–Trinajstić information content (AvgIpc) is 2.35.